The molecule has 3 atom stereocenters. The van der Waals surface area contributed by atoms with E-state index in [1.807, 2.05) is 23.1 Å². The number of carbonyl (C=O) groups is 1. The van der Waals surface area contributed by atoms with E-state index in [9.17, 15) is 31.1 Å². The van der Waals surface area contributed by atoms with Crippen LogP contribution < -0.4 is 4.90 Å². The van der Waals surface area contributed by atoms with Crippen LogP contribution in [0.3, 0.4) is 0 Å². The number of alkyl halides is 6. The second-order valence-corrected chi connectivity index (χ2v) is 16.8. The Morgan fingerprint density at radius 3 is 2.18 bits per heavy atom. The Balaban J connectivity index is 2.12. The Hall–Kier alpha value is -2.49. The van der Waals surface area contributed by atoms with E-state index in [0.717, 1.165) is 29.4 Å². The predicted molar refractivity (Wildman–Crippen MR) is 139 cm³/mol. The van der Waals surface area contributed by atoms with Crippen LogP contribution >= 0.6 is 0 Å². The van der Waals surface area contributed by atoms with Crippen molar-refractivity contribution in [2.24, 2.45) is 0 Å². The monoisotopic (exact) mass is 559 g/mol. The highest BCUT2D eigenvalue weighted by molar-refractivity contribution is 6.76. The van der Waals surface area contributed by atoms with Crippen LogP contribution in [0.5, 0.6) is 0 Å². The number of anilines is 1. The lowest BCUT2D eigenvalue weighted by atomic mass is 9.79. The third-order valence-corrected chi connectivity index (χ3v) is 8.93. The third-order valence-electron chi connectivity index (χ3n) is 7.14. The minimum Gasteiger partial charge on any atom is -0.469 e. The topological polar surface area (TPSA) is 29.5 Å². The molecule has 0 fully saturated rings. The van der Waals surface area contributed by atoms with Gasteiger partial charge in [0.1, 0.15) is 0 Å². The van der Waals surface area contributed by atoms with E-state index in [4.69, 9.17) is 4.74 Å². The average molecular weight is 560 g/mol. The molecule has 0 unspecified atom stereocenters. The van der Waals surface area contributed by atoms with Gasteiger partial charge in [-0.2, -0.15) is 26.3 Å². The summed E-state index contributed by atoms with van der Waals surface area (Å²) in [6.07, 6.45) is -8.93. The molecule has 3 rings (SSSR count). The van der Waals surface area contributed by atoms with Gasteiger partial charge in [-0.1, -0.05) is 56.0 Å². The fraction of sp³-hybridized carbons (Fsp3) is 0.536. The summed E-state index contributed by atoms with van der Waals surface area (Å²) in [5.41, 5.74) is 1.35. The summed E-state index contributed by atoms with van der Waals surface area (Å²) in [4.78, 5) is 14.2. The molecule has 0 radical (unpaired) electrons. The van der Waals surface area contributed by atoms with Crippen molar-refractivity contribution in [2.45, 2.75) is 88.1 Å². The minimum atomic E-state index is -4.50. The lowest BCUT2D eigenvalue weighted by Crippen LogP contribution is -2.44. The molecular weight excluding hydrogens is 524 g/mol. The van der Waals surface area contributed by atoms with Gasteiger partial charge in [0, 0.05) is 26.2 Å². The number of hydrogen-bond acceptors (Lipinski definition) is 3. The van der Waals surface area contributed by atoms with E-state index in [1.165, 1.54) is 19.2 Å². The first-order valence-electron chi connectivity index (χ1n) is 12.8. The van der Waals surface area contributed by atoms with Gasteiger partial charge in [-0.15, -0.1) is 0 Å². The number of hydrogen-bond donors (Lipinski definition) is 0. The molecule has 1 heterocycles. The zero-order chi connectivity index (χ0) is 28.3. The fourth-order valence-corrected chi connectivity index (χ4v) is 6.42. The smallest absolute Gasteiger partial charge is 0.416 e. The molecule has 0 bridgehead atoms. The first kappa shape index (κ1) is 30.1. The number of methoxy groups -OCH3 is 1. The number of nitrogens with zero attached hydrogens (tertiary/aromatic N) is 1. The number of rotatable bonds is 9. The van der Waals surface area contributed by atoms with Gasteiger partial charge in [0.15, 0.2) is 0 Å². The van der Waals surface area contributed by atoms with Crippen molar-refractivity contribution in [3.05, 3.63) is 65.2 Å². The highest BCUT2D eigenvalue weighted by Crippen LogP contribution is 2.49. The van der Waals surface area contributed by atoms with Crippen molar-refractivity contribution in [2.75, 3.05) is 12.0 Å². The van der Waals surface area contributed by atoms with Crippen molar-refractivity contribution in [1.29, 1.82) is 0 Å². The van der Waals surface area contributed by atoms with Crippen molar-refractivity contribution in [1.82, 2.24) is 0 Å². The van der Waals surface area contributed by atoms with Crippen LogP contribution in [0.4, 0.5) is 32.0 Å². The second-order valence-electron chi connectivity index (χ2n) is 11.2. The predicted octanol–water partition coefficient (Wildman–Crippen LogP) is 8.74. The summed E-state index contributed by atoms with van der Waals surface area (Å²) in [5, 5.41) is 0. The molecule has 3 nitrogen and oxygen atoms in total. The van der Waals surface area contributed by atoms with Gasteiger partial charge in [0.25, 0.3) is 0 Å². The van der Waals surface area contributed by atoms with E-state index in [-0.39, 0.29) is 18.8 Å². The lowest BCUT2D eigenvalue weighted by Gasteiger charge is -2.47. The van der Waals surface area contributed by atoms with Crippen LogP contribution in [-0.4, -0.2) is 33.4 Å². The summed E-state index contributed by atoms with van der Waals surface area (Å²) in [6, 6.07) is 12.0. The standard InChI is InChI=1S/C28H35F6NO2Si/c1-37-26(36)18-20-17-25(19-9-11-21(12-10-19)28(32,33)34)35(24-8-6-5-7-23(20)24)22(13-15-27(29,30)31)14-16-38(2,3)4/h5-12,20,22,25H,13-18H2,1-4H3/t20-,22+,25+/m1/s1. The van der Waals surface area contributed by atoms with Gasteiger partial charge in [0.05, 0.1) is 25.1 Å². The quantitative estimate of drug-likeness (QED) is 0.175. The number of ether oxygens (including phenoxy) is 1. The molecule has 0 N–H and O–H groups in total. The van der Waals surface area contributed by atoms with Gasteiger partial charge in [-0.3, -0.25) is 4.79 Å². The molecule has 0 spiro atoms. The van der Waals surface area contributed by atoms with Gasteiger partial charge in [-0.05, 0) is 54.5 Å². The second kappa shape index (κ2) is 11.7. The summed E-state index contributed by atoms with van der Waals surface area (Å²) in [6.45, 7) is 6.49. The summed E-state index contributed by atoms with van der Waals surface area (Å²) in [7, 11) is -0.322. The van der Waals surface area contributed by atoms with E-state index < -0.39 is 50.5 Å². The molecule has 0 aromatic heterocycles. The number of benzene rings is 2. The van der Waals surface area contributed by atoms with Crippen LogP contribution in [0.25, 0.3) is 0 Å². The van der Waals surface area contributed by atoms with Gasteiger partial charge < -0.3 is 9.64 Å². The number of esters is 1. The Kier molecular flexibility index (Phi) is 9.27. The molecule has 0 aliphatic carbocycles. The Labute approximate surface area is 221 Å². The van der Waals surface area contributed by atoms with Crippen molar-refractivity contribution in [3.63, 3.8) is 0 Å². The highest BCUT2D eigenvalue weighted by atomic mass is 28.3. The third kappa shape index (κ3) is 8.00. The molecule has 1 aliphatic rings. The largest absolute Gasteiger partial charge is 0.469 e. The fourth-order valence-electron chi connectivity index (χ4n) is 5.22. The first-order chi connectivity index (χ1) is 17.6. The number of halogens is 6. The van der Waals surface area contributed by atoms with E-state index in [0.29, 0.717) is 18.4 Å². The minimum absolute atomic E-state index is 0.0701. The number of carbonyl (C=O) groups excluding carboxylic acids is 1. The maximum Gasteiger partial charge on any atom is 0.416 e. The molecule has 38 heavy (non-hydrogen) atoms. The molecule has 2 aromatic rings. The molecule has 0 saturated heterocycles. The van der Waals surface area contributed by atoms with Crippen molar-refractivity contribution in [3.8, 4) is 0 Å². The van der Waals surface area contributed by atoms with E-state index in [2.05, 4.69) is 19.6 Å². The van der Waals surface area contributed by atoms with Crippen LogP contribution in [-0.2, 0) is 15.7 Å². The molecule has 10 heteroatoms. The molecule has 210 valence electrons. The molecular formula is C28H35F6NO2Si. The Bertz CT molecular complexity index is 1060. The normalized spacial score (nSPS) is 19.2. The molecule has 2 aromatic carbocycles. The van der Waals surface area contributed by atoms with Crippen LogP contribution in [0.1, 0.15) is 60.8 Å². The molecule has 0 amide bonds. The molecule has 0 saturated carbocycles. The van der Waals surface area contributed by atoms with Crippen molar-refractivity contribution < 1.29 is 35.9 Å². The number of para-hydroxylation sites is 1. The van der Waals surface area contributed by atoms with Gasteiger partial charge in [-0.25, -0.2) is 0 Å². The Morgan fingerprint density at radius 1 is 1.00 bits per heavy atom. The zero-order valence-corrected chi connectivity index (χ0v) is 23.1. The van der Waals surface area contributed by atoms with Gasteiger partial charge >= 0.3 is 18.3 Å². The number of fused-ring (bicyclic) bond motifs is 1. The highest BCUT2D eigenvalue weighted by Gasteiger charge is 2.40. The van der Waals surface area contributed by atoms with E-state index in [1.54, 1.807) is 6.07 Å². The summed E-state index contributed by atoms with van der Waals surface area (Å²) < 4.78 is 84.9. The lowest BCUT2D eigenvalue weighted by molar-refractivity contribution is -0.141. The summed E-state index contributed by atoms with van der Waals surface area (Å²) in [5.74, 6) is -0.709. The van der Waals surface area contributed by atoms with Crippen LogP contribution in [0, 0.1) is 0 Å². The average Bonchev–Trinajstić information content (AvgIpc) is 2.82. The maximum absolute atomic E-state index is 13.4. The maximum atomic E-state index is 13.4. The van der Waals surface area contributed by atoms with Crippen LogP contribution in [0.15, 0.2) is 48.5 Å². The van der Waals surface area contributed by atoms with E-state index >= 15 is 0 Å². The molecule has 1 aliphatic heterocycles. The SMILES string of the molecule is COC(=O)C[C@H]1C[C@@H](c2ccc(C(F)(F)F)cc2)N([C@@H](CCC(F)(F)F)CC[Si](C)(C)C)c2ccccc21. The van der Waals surface area contributed by atoms with Gasteiger partial charge in [0.2, 0.25) is 0 Å². The summed E-state index contributed by atoms with van der Waals surface area (Å²) >= 11 is 0. The zero-order valence-electron chi connectivity index (χ0n) is 22.1. The van der Waals surface area contributed by atoms with Crippen molar-refractivity contribution >= 4 is 19.7 Å². The first-order valence-corrected chi connectivity index (χ1v) is 16.5. The Morgan fingerprint density at radius 2 is 1.63 bits per heavy atom. The van der Waals surface area contributed by atoms with Crippen LogP contribution in [0.2, 0.25) is 25.7 Å².